The Morgan fingerprint density at radius 1 is 1.18 bits per heavy atom. The van der Waals surface area contributed by atoms with Crippen LogP contribution >= 0.6 is 0 Å². The smallest absolute Gasteiger partial charge is 0.135 e. The van der Waals surface area contributed by atoms with Crippen molar-refractivity contribution in [2.75, 3.05) is 0 Å². The summed E-state index contributed by atoms with van der Waals surface area (Å²) < 4.78 is 0. The van der Waals surface area contributed by atoms with Crippen molar-refractivity contribution in [3.05, 3.63) is 0 Å². The lowest BCUT2D eigenvalue weighted by molar-refractivity contribution is -0.124. The topological polar surface area (TPSA) is 17.1 Å². The Labute approximate surface area is 68.2 Å². The van der Waals surface area contributed by atoms with Crippen LogP contribution in [0.4, 0.5) is 0 Å². The number of Topliss-reactive ketones (excluding diaryl/α,β-unsaturated/α-hetero) is 1. The number of hydrogen-bond donors (Lipinski definition) is 0. The van der Waals surface area contributed by atoms with Crippen LogP contribution in [0.2, 0.25) is 0 Å². The molecule has 11 heavy (non-hydrogen) atoms. The van der Waals surface area contributed by atoms with Gasteiger partial charge >= 0.3 is 0 Å². The zero-order valence-corrected chi connectivity index (χ0v) is 7.01. The minimum atomic E-state index is 0.469. The van der Waals surface area contributed by atoms with Gasteiger partial charge < -0.3 is 0 Å². The Morgan fingerprint density at radius 3 is 2.64 bits per heavy atom. The summed E-state index contributed by atoms with van der Waals surface area (Å²) in [6.45, 7) is 0. The fourth-order valence-electron chi connectivity index (χ4n) is 2.06. The highest BCUT2D eigenvalue weighted by molar-refractivity contribution is 5.81. The highest BCUT2D eigenvalue weighted by Gasteiger charge is 2.30. The third-order valence-electron chi connectivity index (χ3n) is 3.00. The van der Waals surface area contributed by atoms with Crippen LogP contribution in [0.1, 0.15) is 44.9 Å². The quantitative estimate of drug-likeness (QED) is 0.594. The van der Waals surface area contributed by atoms with E-state index in [1.807, 2.05) is 0 Å². The van der Waals surface area contributed by atoms with Gasteiger partial charge in [0, 0.05) is 12.3 Å². The second-order valence-electron chi connectivity index (χ2n) is 4.09. The summed E-state index contributed by atoms with van der Waals surface area (Å²) >= 11 is 0. The zero-order chi connectivity index (χ0) is 7.68. The van der Waals surface area contributed by atoms with E-state index in [-0.39, 0.29) is 0 Å². The van der Waals surface area contributed by atoms with E-state index >= 15 is 0 Å². The van der Waals surface area contributed by atoms with Crippen molar-refractivity contribution in [1.82, 2.24) is 0 Å². The van der Waals surface area contributed by atoms with E-state index < -0.39 is 0 Å². The average Bonchev–Trinajstić information content (AvgIpc) is 2.78. The van der Waals surface area contributed by atoms with Crippen LogP contribution in [0, 0.1) is 11.8 Å². The van der Waals surface area contributed by atoms with Crippen LogP contribution < -0.4 is 0 Å². The normalized spacial score (nSPS) is 32.4. The molecule has 0 heterocycles. The second kappa shape index (κ2) is 2.96. The Balaban J connectivity index is 1.83. The van der Waals surface area contributed by atoms with Gasteiger partial charge in [-0.3, -0.25) is 4.79 Å². The van der Waals surface area contributed by atoms with Crippen LogP contribution in [0.15, 0.2) is 0 Å². The first-order chi connectivity index (χ1) is 5.36. The summed E-state index contributed by atoms with van der Waals surface area (Å²) in [6.07, 6.45) is 8.52. The van der Waals surface area contributed by atoms with Crippen LogP contribution in [0.3, 0.4) is 0 Å². The van der Waals surface area contributed by atoms with Gasteiger partial charge in [0.25, 0.3) is 0 Å². The lowest BCUT2D eigenvalue weighted by Gasteiger charge is -2.19. The van der Waals surface area contributed by atoms with Crippen molar-refractivity contribution < 1.29 is 4.79 Å². The molecule has 62 valence electrons. The minimum Gasteiger partial charge on any atom is -0.299 e. The van der Waals surface area contributed by atoms with Crippen molar-refractivity contribution in [3.63, 3.8) is 0 Å². The molecule has 1 heteroatoms. The summed E-state index contributed by atoms with van der Waals surface area (Å²) in [5.41, 5.74) is 0. The summed E-state index contributed by atoms with van der Waals surface area (Å²) in [5, 5.41) is 0. The summed E-state index contributed by atoms with van der Waals surface area (Å²) in [6, 6.07) is 0. The summed E-state index contributed by atoms with van der Waals surface area (Å²) in [7, 11) is 0. The third kappa shape index (κ3) is 1.82. The number of hydrogen-bond acceptors (Lipinski definition) is 1. The standard InChI is InChI=1S/C10H16O/c11-10-4-2-1-3-9(10)7-8-5-6-8/h8-9H,1-7H2. The van der Waals surface area contributed by atoms with Crippen LogP contribution in [-0.2, 0) is 4.79 Å². The molecule has 0 bridgehead atoms. The van der Waals surface area contributed by atoms with Crippen molar-refractivity contribution in [1.29, 1.82) is 0 Å². The van der Waals surface area contributed by atoms with Crippen LogP contribution in [0.25, 0.3) is 0 Å². The van der Waals surface area contributed by atoms with E-state index in [4.69, 9.17) is 0 Å². The van der Waals surface area contributed by atoms with E-state index in [1.54, 1.807) is 0 Å². The van der Waals surface area contributed by atoms with Gasteiger partial charge in [-0.2, -0.15) is 0 Å². The molecule has 2 aliphatic rings. The lowest BCUT2D eigenvalue weighted by Crippen LogP contribution is -2.19. The third-order valence-corrected chi connectivity index (χ3v) is 3.00. The van der Waals surface area contributed by atoms with E-state index in [0.29, 0.717) is 11.7 Å². The molecular weight excluding hydrogens is 136 g/mol. The van der Waals surface area contributed by atoms with E-state index in [9.17, 15) is 4.79 Å². The highest BCUT2D eigenvalue weighted by atomic mass is 16.1. The molecule has 2 saturated carbocycles. The molecule has 1 unspecified atom stereocenters. The molecule has 0 spiro atoms. The molecule has 0 aromatic heterocycles. The zero-order valence-electron chi connectivity index (χ0n) is 7.01. The SMILES string of the molecule is O=C1CCCCC1CC1CC1. The van der Waals surface area contributed by atoms with Crippen molar-refractivity contribution in [2.24, 2.45) is 11.8 Å². The van der Waals surface area contributed by atoms with Crippen molar-refractivity contribution in [2.45, 2.75) is 44.9 Å². The fraction of sp³-hybridized carbons (Fsp3) is 0.900. The Kier molecular flexibility index (Phi) is 1.97. The van der Waals surface area contributed by atoms with E-state index in [0.717, 1.165) is 18.8 Å². The number of rotatable bonds is 2. The second-order valence-corrected chi connectivity index (χ2v) is 4.09. The fourth-order valence-corrected chi connectivity index (χ4v) is 2.06. The van der Waals surface area contributed by atoms with Gasteiger partial charge in [-0.05, 0) is 25.2 Å². The van der Waals surface area contributed by atoms with Crippen molar-refractivity contribution in [3.8, 4) is 0 Å². The molecule has 0 aromatic rings. The number of carbonyl (C=O) groups is 1. The molecule has 2 rings (SSSR count). The first-order valence-electron chi connectivity index (χ1n) is 4.89. The van der Waals surface area contributed by atoms with Crippen LogP contribution in [-0.4, -0.2) is 5.78 Å². The molecule has 2 fully saturated rings. The Hall–Kier alpha value is -0.330. The average molecular weight is 152 g/mol. The van der Waals surface area contributed by atoms with Gasteiger partial charge in [-0.1, -0.05) is 19.3 Å². The van der Waals surface area contributed by atoms with E-state index in [1.165, 1.54) is 32.1 Å². The number of carbonyl (C=O) groups excluding carboxylic acids is 1. The maximum Gasteiger partial charge on any atom is 0.135 e. The Morgan fingerprint density at radius 2 is 2.00 bits per heavy atom. The molecule has 1 nitrogen and oxygen atoms in total. The molecule has 0 N–H and O–H groups in total. The van der Waals surface area contributed by atoms with Crippen LogP contribution in [0.5, 0.6) is 0 Å². The molecule has 2 aliphatic carbocycles. The van der Waals surface area contributed by atoms with Gasteiger partial charge in [0.15, 0.2) is 0 Å². The predicted molar refractivity (Wildman–Crippen MR) is 44.3 cm³/mol. The lowest BCUT2D eigenvalue weighted by atomic mass is 9.84. The highest BCUT2D eigenvalue weighted by Crippen LogP contribution is 2.38. The van der Waals surface area contributed by atoms with Gasteiger partial charge in [-0.25, -0.2) is 0 Å². The van der Waals surface area contributed by atoms with Gasteiger partial charge in [0.05, 0.1) is 0 Å². The molecule has 0 saturated heterocycles. The molecule has 0 radical (unpaired) electrons. The first-order valence-corrected chi connectivity index (χ1v) is 4.89. The van der Waals surface area contributed by atoms with E-state index in [2.05, 4.69) is 0 Å². The molecule has 0 aromatic carbocycles. The minimum absolute atomic E-state index is 0.469. The number of ketones is 1. The molecule has 1 atom stereocenters. The predicted octanol–water partition coefficient (Wildman–Crippen LogP) is 2.55. The Bertz CT molecular complexity index is 158. The molecule has 0 aliphatic heterocycles. The van der Waals surface area contributed by atoms with Gasteiger partial charge in [-0.15, -0.1) is 0 Å². The van der Waals surface area contributed by atoms with Gasteiger partial charge in [0.1, 0.15) is 5.78 Å². The first kappa shape index (κ1) is 7.33. The summed E-state index contributed by atoms with van der Waals surface area (Å²) in [5.74, 6) is 1.96. The summed E-state index contributed by atoms with van der Waals surface area (Å²) in [4.78, 5) is 11.4. The monoisotopic (exact) mass is 152 g/mol. The largest absolute Gasteiger partial charge is 0.299 e. The van der Waals surface area contributed by atoms with Gasteiger partial charge in [0.2, 0.25) is 0 Å². The maximum absolute atomic E-state index is 11.4. The maximum atomic E-state index is 11.4. The molecular formula is C10H16O. The van der Waals surface area contributed by atoms with Crippen molar-refractivity contribution >= 4 is 5.78 Å². The molecule has 0 amide bonds.